The van der Waals surface area contributed by atoms with Gasteiger partial charge in [-0.05, 0) is 30.3 Å². The molecule has 1 aromatic carbocycles. The number of carbonyl (C=O) groups excluding carboxylic acids is 1. The van der Waals surface area contributed by atoms with Gasteiger partial charge in [0.05, 0.1) is 7.11 Å². The van der Waals surface area contributed by atoms with Gasteiger partial charge in [0, 0.05) is 17.6 Å². The number of nitrogens with two attached hydrogens (primary N) is 1. The molecule has 0 saturated carbocycles. The number of methoxy groups -OCH3 is 1. The second-order valence-corrected chi connectivity index (χ2v) is 3.79. The minimum Gasteiger partial charge on any atom is -0.480 e. The Morgan fingerprint density at radius 1 is 1.42 bits per heavy atom. The molecule has 0 fully saturated rings. The van der Waals surface area contributed by atoms with Crippen LogP contribution < -0.4 is 15.8 Å². The molecule has 0 unspecified atom stereocenters. The van der Waals surface area contributed by atoms with Crippen LogP contribution in [0.3, 0.4) is 0 Å². The number of nitrogen functional groups attached to an aromatic ring is 1. The first kappa shape index (κ1) is 12.8. The van der Waals surface area contributed by atoms with E-state index in [2.05, 4.69) is 10.3 Å². The fourth-order valence-electron chi connectivity index (χ4n) is 1.61. The Hall–Kier alpha value is -2.63. The molecule has 2 rings (SSSR count). The van der Waals surface area contributed by atoms with Gasteiger partial charge >= 0.3 is 0 Å². The van der Waals surface area contributed by atoms with E-state index in [9.17, 15) is 9.18 Å². The lowest BCUT2D eigenvalue weighted by Crippen LogP contribution is -2.14. The Kier molecular flexibility index (Phi) is 3.61. The lowest BCUT2D eigenvalue weighted by atomic mass is 10.2. The summed E-state index contributed by atoms with van der Waals surface area (Å²) in [5, 5.41) is 2.54. The molecular weight excluding hydrogens is 249 g/mol. The van der Waals surface area contributed by atoms with Crippen molar-refractivity contribution in [2.75, 3.05) is 18.2 Å². The lowest BCUT2D eigenvalue weighted by Gasteiger charge is -2.08. The van der Waals surface area contributed by atoms with Crippen molar-refractivity contribution in [2.45, 2.75) is 0 Å². The van der Waals surface area contributed by atoms with Crippen LogP contribution in [-0.4, -0.2) is 18.0 Å². The highest BCUT2D eigenvalue weighted by atomic mass is 19.1. The fourth-order valence-corrected chi connectivity index (χ4v) is 1.61. The Bertz CT molecular complexity index is 596. The number of amides is 1. The molecule has 1 amide bonds. The topological polar surface area (TPSA) is 77.2 Å². The fraction of sp³-hybridized carbons (Fsp3) is 0.0769. The van der Waals surface area contributed by atoms with E-state index < -0.39 is 11.7 Å². The molecule has 0 radical (unpaired) electrons. The Labute approximate surface area is 109 Å². The first-order chi connectivity index (χ1) is 9.10. The van der Waals surface area contributed by atoms with Crippen molar-refractivity contribution >= 4 is 17.3 Å². The van der Waals surface area contributed by atoms with Gasteiger partial charge in [-0.2, -0.15) is 0 Å². The maximum absolute atomic E-state index is 13.2. The number of aromatic nitrogens is 1. The van der Waals surface area contributed by atoms with Crippen LogP contribution in [0.25, 0.3) is 0 Å². The first-order valence-electron chi connectivity index (χ1n) is 5.46. The molecule has 0 aliphatic heterocycles. The van der Waals surface area contributed by atoms with Gasteiger partial charge in [-0.15, -0.1) is 0 Å². The number of hydrogen-bond donors (Lipinski definition) is 2. The number of rotatable bonds is 3. The van der Waals surface area contributed by atoms with Gasteiger partial charge in [0.2, 0.25) is 5.88 Å². The van der Waals surface area contributed by atoms with E-state index in [0.717, 1.165) is 0 Å². The molecule has 3 N–H and O–H groups in total. The second kappa shape index (κ2) is 5.34. The molecule has 0 aliphatic rings. The SMILES string of the molecule is COc1ncccc1C(=O)Nc1cc(N)cc(F)c1. The third-order valence-corrected chi connectivity index (χ3v) is 2.39. The van der Waals surface area contributed by atoms with E-state index in [1.165, 1.54) is 31.5 Å². The number of anilines is 2. The van der Waals surface area contributed by atoms with Gasteiger partial charge in [0.15, 0.2) is 0 Å². The molecule has 1 heterocycles. The third-order valence-electron chi connectivity index (χ3n) is 2.39. The van der Waals surface area contributed by atoms with Crippen molar-refractivity contribution in [3.63, 3.8) is 0 Å². The summed E-state index contributed by atoms with van der Waals surface area (Å²) >= 11 is 0. The van der Waals surface area contributed by atoms with Crippen LogP contribution >= 0.6 is 0 Å². The van der Waals surface area contributed by atoms with Gasteiger partial charge in [-0.25, -0.2) is 9.37 Å². The summed E-state index contributed by atoms with van der Waals surface area (Å²) in [5.74, 6) is -0.771. The lowest BCUT2D eigenvalue weighted by molar-refractivity contribution is 0.102. The van der Waals surface area contributed by atoms with E-state index >= 15 is 0 Å². The molecule has 0 bridgehead atoms. The highest BCUT2D eigenvalue weighted by Gasteiger charge is 2.13. The molecule has 2 aromatic rings. The van der Waals surface area contributed by atoms with Crippen LogP contribution in [0.1, 0.15) is 10.4 Å². The van der Waals surface area contributed by atoms with Crippen LogP contribution in [0.15, 0.2) is 36.5 Å². The van der Waals surface area contributed by atoms with Crippen molar-refractivity contribution in [1.82, 2.24) is 4.98 Å². The predicted molar refractivity (Wildman–Crippen MR) is 69.6 cm³/mol. The number of nitrogens with zero attached hydrogens (tertiary/aromatic N) is 1. The Morgan fingerprint density at radius 2 is 2.21 bits per heavy atom. The monoisotopic (exact) mass is 261 g/mol. The van der Waals surface area contributed by atoms with Crippen LogP contribution in [-0.2, 0) is 0 Å². The zero-order valence-corrected chi connectivity index (χ0v) is 10.2. The van der Waals surface area contributed by atoms with Gasteiger partial charge in [0.1, 0.15) is 11.4 Å². The van der Waals surface area contributed by atoms with E-state index in [1.807, 2.05) is 0 Å². The summed E-state index contributed by atoms with van der Waals surface area (Å²) in [4.78, 5) is 15.9. The number of carbonyl (C=O) groups is 1. The summed E-state index contributed by atoms with van der Waals surface area (Å²) in [6.45, 7) is 0. The molecule has 0 aliphatic carbocycles. The van der Waals surface area contributed by atoms with Crippen molar-refractivity contribution in [3.8, 4) is 5.88 Å². The van der Waals surface area contributed by atoms with Gasteiger partial charge < -0.3 is 15.8 Å². The average molecular weight is 261 g/mol. The quantitative estimate of drug-likeness (QED) is 0.829. The molecule has 5 nitrogen and oxygen atoms in total. The van der Waals surface area contributed by atoms with Crippen molar-refractivity contribution < 1.29 is 13.9 Å². The summed E-state index contributed by atoms with van der Waals surface area (Å²) in [6, 6.07) is 6.97. The Morgan fingerprint density at radius 3 is 2.89 bits per heavy atom. The minimum atomic E-state index is -0.520. The van der Waals surface area contributed by atoms with Crippen molar-refractivity contribution in [3.05, 3.63) is 47.9 Å². The van der Waals surface area contributed by atoms with Gasteiger partial charge in [-0.3, -0.25) is 4.79 Å². The number of hydrogen-bond acceptors (Lipinski definition) is 4. The molecule has 98 valence electrons. The molecule has 0 atom stereocenters. The summed E-state index contributed by atoms with van der Waals surface area (Å²) in [6.07, 6.45) is 1.51. The highest BCUT2D eigenvalue weighted by molar-refractivity contribution is 6.05. The predicted octanol–water partition coefficient (Wildman–Crippen LogP) is 2.06. The minimum absolute atomic E-state index is 0.198. The maximum atomic E-state index is 13.2. The number of ether oxygens (including phenoxy) is 1. The van der Waals surface area contributed by atoms with Crippen LogP contribution in [0.4, 0.5) is 15.8 Å². The molecular formula is C13H12FN3O2. The smallest absolute Gasteiger partial charge is 0.261 e. The standard InChI is InChI=1S/C13H12FN3O2/c1-19-13-11(3-2-4-16-13)12(18)17-10-6-8(14)5-9(15)7-10/h2-7H,15H2,1H3,(H,17,18). The van der Waals surface area contributed by atoms with Crippen LogP contribution in [0, 0.1) is 5.82 Å². The largest absolute Gasteiger partial charge is 0.480 e. The Balaban J connectivity index is 2.25. The highest BCUT2D eigenvalue weighted by Crippen LogP contribution is 2.19. The molecule has 1 aromatic heterocycles. The third kappa shape index (κ3) is 2.98. The van der Waals surface area contributed by atoms with Gasteiger partial charge in [-0.1, -0.05) is 0 Å². The first-order valence-corrected chi connectivity index (χ1v) is 5.46. The van der Waals surface area contributed by atoms with E-state index in [-0.39, 0.29) is 22.8 Å². The molecule has 6 heteroatoms. The summed E-state index contributed by atoms with van der Waals surface area (Å²) in [7, 11) is 1.42. The zero-order valence-electron chi connectivity index (χ0n) is 10.2. The zero-order chi connectivity index (χ0) is 13.8. The molecule has 19 heavy (non-hydrogen) atoms. The van der Waals surface area contributed by atoms with Crippen LogP contribution in [0.2, 0.25) is 0 Å². The van der Waals surface area contributed by atoms with Crippen LogP contribution in [0.5, 0.6) is 5.88 Å². The van der Waals surface area contributed by atoms with Gasteiger partial charge in [0.25, 0.3) is 5.91 Å². The normalized spacial score (nSPS) is 10.0. The number of pyridine rings is 1. The second-order valence-electron chi connectivity index (χ2n) is 3.79. The number of benzene rings is 1. The summed E-state index contributed by atoms with van der Waals surface area (Å²) in [5.41, 5.74) is 6.26. The van der Waals surface area contributed by atoms with E-state index in [1.54, 1.807) is 12.1 Å². The average Bonchev–Trinajstić information content (AvgIpc) is 2.37. The maximum Gasteiger partial charge on any atom is 0.261 e. The number of halogens is 1. The molecule has 0 saturated heterocycles. The summed E-state index contributed by atoms with van der Waals surface area (Å²) < 4.78 is 18.1. The van der Waals surface area contributed by atoms with E-state index in [4.69, 9.17) is 10.5 Å². The van der Waals surface area contributed by atoms with Crippen molar-refractivity contribution in [1.29, 1.82) is 0 Å². The number of nitrogens with one attached hydrogen (secondary N) is 1. The van der Waals surface area contributed by atoms with E-state index in [0.29, 0.717) is 0 Å². The molecule has 0 spiro atoms. The van der Waals surface area contributed by atoms with Crippen molar-refractivity contribution in [2.24, 2.45) is 0 Å².